The van der Waals surface area contributed by atoms with Gasteiger partial charge in [-0.25, -0.2) is 13.4 Å². The fourth-order valence-electron chi connectivity index (χ4n) is 3.16. The lowest BCUT2D eigenvalue weighted by atomic mass is 10.1. The molecule has 33 heavy (non-hydrogen) atoms. The van der Waals surface area contributed by atoms with Crippen LogP contribution in [0.4, 0.5) is 0 Å². The van der Waals surface area contributed by atoms with Gasteiger partial charge in [0.15, 0.2) is 9.84 Å². The van der Waals surface area contributed by atoms with E-state index in [1.807, 2.05) is 31.3 Å². The van der Waals surface area contributed by atoms with Crippen LogP contribution in [0.3, 0.4) is 0 Å². The first-order valence-corrected chi connectivity index (χ1v) is 12.2. The third kappa shape index (κ3) is 4.80. The zero-order valence-electron chi connectivity index (χ0n) is 18.3. The molecule has 2 aromatic carbocycles. The average molecular weight is 484 g/mol. The molecule has 2 heterocycles. The highest BCUT2D eigenvalue weighted by Gasteiger charge is 2.21. The second-order valence-electron chi connectivity index (χ2n) is 7.66. The molecule has 0 bridgehead atoms. The molecule has 0 saturated carbocycles. The Labute approximate surface area is 197 Å². The van der Waals surface area contributed by atoms with Crippen LogP contribution >= 0.6 is 11.6 Å². The minimum atomic E-state index is -3.44. The Morgan fingerprint density at radius 3 is 2.36 bits per heavy atom. The maximum Gasteiger partial charge on any atom is 0.268 e. The van der Waals surface area contributed by atoms with Crippen LogP contribution in [0.5, 0.6) is 0 Å². The molecule has 0 amide bonds. The summed E-state index contributed by atoms with van der Waals surface area (Å²) in [5.74, 6) is 0.586. The summed E-state index contributed by atoms with van der Waals surface area (Å²) >= 11 is 6.40. The van der Waals surface area contributed by atoms with E-state index in [9.17, 15) is 8.42 Å². The standard InChI is InChI=1S/C23H22ClN5O3S/c1-14(2)33(30,31)17-8-9-18(19(24)10-17)20-12-26-13-21(27-20)23-29-28-22(32-23)16-6-4-15(5-7-16)11-25-3/h4-10,12-14,25H,11H2,1-3H3. The van der Waals surface area contributed by atoms with Crippen LogP contribution in [-0.4, -0.2) is 40.9 Å². The van der Waals surface area contributed by atoms with Gasteiger partial charge in [0.1, 0.15) is 5.69 Å². The maximum atomic E-state index is 12.4. The molecular formula is C23H22ClN5O3S. The minimum absolute atomic E-state index is 0.164. The van der Waals surface area contributed by atoms with Crippen LogP contribution in [0.15, 0.2) is 64.2 Å². The Kier molecular flexibility index (Phi) is 6.55. The first-order chi connectivity index (χ1) is 15.8. The lowest BCUT2D eigenvalue weighted by molar-refractivity contribution is 0.581. The lowest BCUT2D eigenvalue weighted by Crippen LogP contribution is -2.13. The summed E-state index contributed by atoms with van der Waals surface area (Å²) in [4.78, 5) is 8.93. The van der Waals surface area contributed by atoms with E-state index in [-0.39, 0.29) is 15.8 Å². The third-order valence-electron chi connectivity index (χ3n) is 5.03. The summed E-state index contributed by atoms with van der Waals surface area (Å²) in [6.07, 6.45) is 3.06. The highest BCUT2D eigenvalue weighted by molar-refractivity contribution is 7.92. The van der Waals surface area contributed by atoms with Gasteiger partial charge in [0, 0.05) is 17.7 Å². The largest absolute Gasteiger partial charge is 0.415 e. The minimum Gasteiger partial charge on any atom is -0.415 e. The van der Waals surface area contributed by atoms with Crippen LogP contribution in [0, 0.1) is 0 Å². The van der Waals surface area contributed by atoms with Gasteiger partial charge < -0.3 is 9.73 Å². The molecule has 2 aromatic heterocycles. The number of hydrogen-bond acceptors (Lipinski definition) is 8. The second kappa shape index (κ2) is 9.38. The van der Waals surface area contributed by atoms with E-state index in [0.29, 0.717) is 22.8 Å². The SMILES string of the molecule is CNCc1ccc(-c2nnc(-c3cncc(-c4ccc(S(=O)(=O)C(C)C)cc4Cl)n3)o2)cc1. The van der Waals surface area contributed by atoms with Gasteiger partial charge in [0.25, 0.3) is 5.89 Å². The van der Waals surface area contributed by atoms with Gasteiger partial charge in [-0.05, 0) is 56.8 Å². The lowest BCUT2D eigenvalue weighted by Gasteiger charge is -2.10. The first-order valence-electron chi connectivity index (χ1n) is 10.2. The van der Waals surface area contributed by atoms with E-state index in [2.05, 4.69) is 25.5 Å². The van der Waals surface area contributed by atoms with Gasteiger partial charge >= 0.3 is 0 Å². The Hall–Kier alpha value is -3.14. The Balaban J connectivity index is 1.63. The summed E-state index contributed by atoms with van der Waals surface area (Å²) in [5, 5.41) is 11.0. The maximum absolute atomic E-state index is 12.4. The van der Waals surface area contributed by atoms with Gasteiger partial charge in [0.05, 0.1) is 33.3 Å². The van der Waals surface area contributed by atoms with Crippen LogP contribution < -0.4 is 5.32 Å². The normalized spacial score (nSPS) is 11.8. The first kappa shape index (κ1) is 23.0. The molecule has 0 aliphatic rings. The molecule has 4 aromatic rings. The van der Waals surface area contributed by atoms with Gasteiger partial charge in [-0.1, -0.05) is 23.7 Å². The fourth-order valence-corrected chi connectivity index (χ4v) is 4.59. The molecule has 170 valence electrons. The summed E-state index contributed by atoms with van der Waals surface area (Å²) in [6, 6.07) is 12.4. The average Bonchev–Trinajstić information content (AvgIpc) is 3.30. The number of nitrogens with zero attached hydrogens (tertiary/aromatic N) is 4. The molecule has 0 radical (unpaired) electrons. The fraction of sp³-hybridized carbons (Fsp3) is 0.217. The van der Waals surface area contributed by atoms with E-state index < -0.39 is 15.1 Å². The molecule has 1 N–H and O–H groups in total. The zero-order chi connectivity index (χ0) is 23.6. The Bertz CT molecular complexity index is 1390. The van der Waals surface area contributed by atoms with Crippen LogP contribution in [0.1, 0.15) is 19.4 Å². The van der Waals surface area contributed by atoms with Crippen molar-refractivity contribution in [2.45, 2.75) is 30.5 Å². The van der Waals surface area contributed by atoms with Gasteiger partial charge in [-0.15, -0.1) is 10.2 Å². The van der Waals surface area contributed by atoms with E-state index >= 15 is 0 Å². The smallest absolute Gasteiger partial charge is 0.268 e. The number of halogens is 1. The molecule has 0 unspecified atom stereocenters. The molecule has 0 spiro atoms. The molecule has 0 aliphatic carbocycles. The third-order valence-corrected chi connectivity index (χ3v) is 7.49. The monoisotopic (exact) mass is 483 g/mol. The Morgan fingerprint density at radius 1 is 1.00 bits per heavy atom. The van der Waals surface area contributed by atoms with Gasteiger partial charge in [-0.2, -0.15) is 0 Å². The van der Waals surface area contributed by atoms with Crippen molar-refractivity contribution in [3.63, 3.8) is 0 Å². The molecule has 10 heteroatoms. The van der Waals surface area contributed by atoms with Gasteiger partial charge in [0.2, 0.25) is 5.89 Å². The molecule has 0 saturated heterocycles. The van der Waals surface area contributed by atoms with Gasteiger partial charge in [-0.3, -0.25) is 4.98 Å². The predicted octanol–water partition coefficient (Wildman–Crippen LogP) is 4.42. The van der Waals surface area contributed by atoms with Crippen molar-refractivity contribution in [2.24, 2.45) is 0 Å². The zero-order valence-corrected chi connectivity index (χ0v) is 19.9. The Morgan fingerprint density at radius 2 is 1.70 bits per heavy atom. The van der Waals surface area contributed by atoms with E-state index in [4.69, 9.17) is 16.0 Å². The second-order valence-corrected chi connectivity index (χ2v) is 10.6. The van der Waals surface area contributed by atoms with E-state index in [0.717, 1.165) is 17.7 Å². The van der Waals surface area contributed by atoms with Crippen molar-refractivity contribution in [3.05, 3.63) is 65.4 Å². The molecule has 8 nitrogen and oxygen atoms in total. The summed E-state index contributed by atoms with van der Waals surface area (Å²) in [6.45, 7) is 4.02. The number of hydrogen-bond donors (Lipinski definition) is 1. The summed E-state index contributed by atoms with van der Waals surface area (Å²) in [7, 11) is -1.55. The molecule has 4 rings (SSSR count). The van der Waals surface area contributed by atoms with Crippen LogP contribution in [-0.2, 0) is 16.4 Å². The van der Waals surface area contributed by atoms with Crippen molar-refractivity contribution < 1.29 is 12.8 Å². The van der Waals surface area contributed by atoms with Crippen molar-refractivity contribution in [1.29, 1.82) is 0 Å². The highest BCUT2D eigenvalue weighted by atomic mass is 35.5. The van der Waals surface area contributed by atoms with Crippen molar-refractivity contribution >= 4 is 21.4 Å². The number of sulfone groups is 1. The topological polar surface area (TPSA) is 111 Å². The molecule has 0 atom stereocenters. The molecule has 0 fully saturated rings. The summed E-state index contributed by atoms with van der Waals surface area (Å²) < 4.78 is 30.7. The van der Waals surface area contributed by atoms with Crippen LogP contribution in [0.2, 0.25) is 5.02 Å². The van der Waals surface area contributed by atoms with E-state index in [1.165, 1.54) is 18.3 Å². The predicted molar refractivity (Wildman–Crippen MR) is 126 cm³/mol. The molecular weight excluding hydrogens is 462 g/mol. The van der Waals surface area contributed by atoms with Crippen molar-refractivity contribution in [1.82, 2.24) is 25.5 Å². The number of benzene rings is 2. The van der Waals surface area contributed by atoms with Crippen molar-refractivity contribution in [2.75, 3.05) is 7.05 Å². The quantitative estimate of drug-likeness (QED) is 0.411. The van der Waals surface area contributed by atoms with E-state index in [1.54, 1.807) is 26.1 Å². The highest BCUT2D eigenvalue weighted by Crippen LogP contribution is 2.31. The molecule has 0 aliphatic heterocycles. The van der Waals surface area contributed by atoms with Crippen molar-refractivity contribution in [3.8, 4) is 34.3 Å². The number of rotatable bonds is 7. The number of aromatic nitrogens is 4. The van der Waals surface area contributed by atoms with Crippen LogP contribution in [0.25, 0.3) is 34.3 Å². The number of nitrogens with one attached hydrogen (secondary N) is 1. The summed E-state index contributed by atoms with van der Waals surface area (Å²) in [5.41, 5.74) is 3.33.